The minimum absolute atomic E-state index is 0.778. The van der Waals surface area contributed by atoms with Crippen molar-refractivity contribution in [3.63, 3.8) is 0 Å². The fourth-order valence-electron chi connectivity index (χ4n) is 6.46. The van der Waals surface area contributed by atoms with E-state index in [1.54, 1.807) is 0 Å². The van der Waals surface area contributed by atoms with Crippen molar-refractivity contribution in [1.82, 2.24) is 9.97 Å². The number of hydrogen-bond donors (Lipinski definition) is 0. The van der Waals surface area contributed by atoms with Gasteiger partial charge in [0, 0.05) is 35.4 Å². The maximum absolute atomic E-state index is 6.76. The number of fused-ring (bicyclic) bond motifs is 4. The molecule has 0 spiro atoms. The molecule has 0 radical (unpaired) electrons. The molecule has 0 fully saturated rings. The molecule has 0 N–H and O–H groups in total. The molecule has 0 amide bonds. The minimum Gasteiger partial charge on any atom is -0.456 e. The molecule has 2 aliphatic heterocycles. The zero-order chi connectivity index (χ0) is 30.7. The van der Waals surface area contributed by atoms with Gasteiger partial charge in [-0.05, 0) is 105 Å². The maximum Gasteiger partial charge on any atom is 0.140 e. The topological polar surface area (TPSA) is 44.2 Å². The van der Waals surface area contributed by atoms with E-state index in [-0.39, 0.29) is 0 Å². The third-order valence-electron chi connectivity index (χ3n) is 8.78. The minimum atomic E-state index is -2.46. The molecule has 4 nitrogen and oxygen atoms in total. The fraction of sp³-hybridized carbons (Fsp3) is 0. The zero-order valence-corrected chi connectivity index (χ0v) is 26.2. The van der Waals surface area contributed by atoms with Gasteiger partial charge in [-0.1, -0.05) is 78.5 Å². The summed E-state index contributed by atoms with van der Waals surface area (Å²) in [7, 11) is 0. The Labute approximate surface area is 272 Å². The van der Waals surface area contributed by atoms with Crippen LogP contribution in [-0.2, 0) is 11.8 Å². The quantitative estimate of drug-likeness (QED) is 0.182. The van der Waals surface area contributed by atoms with Gasteiger partial charge in [0.25, 0.3) is 0 Å². The lowest BCUT2D eigenvalue weighted by atomic mass is 10.0. The van der Waals surface area contributed by atoms with E-state index in [4.69, 9.17) is 21.3 Å². The Kier molecular flexibility index (Phi) is 6.24. The predicted octanol–water partition coefficient (Wildman–Crippen LogP) is 9.11. The molecular weight excluding hydrogens is 603 g/mol. The number of pyridine rings is 2. The summed E-state index contributed by atoms with van der Waals surface area (Å²) in [6, 6.07) is 41.8. The summed E-state index contributed by atoms with van der Waals surface area (Å²) >= 11 is 6.76. The summed E-state index contributed by atoms with van der Waals surface area (Å²) in [6.07, 6.45) is 7.27. The van der Waals surface area contributed by atoms with Crippen molar-refractivity contribution in [2.75, 3.05) is 0 Å². The monoisotopic (exact) mass is 628 g/mol. The van der Waals surface area contributed by atoms with Crippen LogP contribution in [0.4, 0.5) is 0 Å². The van der Waals surface area contributed by atoms with Gasteiger partial charge in [0.05, 0.1) is 11.3 Å². The lowest BCUT2D eigenvalue weighted by Crippen LogP contribution is -2.34. The highest BCUT2D eigenvalue weighted by Crippen LogP contribution is 2.59. The first-order valence-corrected chi connectivity index (χ1v) is 17.9. The van der Waals surface area contributed by atoms with Gasteiger partial charge < -0.3 is 9.47 Å². The van der Waals surface area contributed by atoms with Crippen molar-refractivity contribution in [1.29, 1.82) is 0 Å². The molecule has 46 heavy (non-hydrogen) atoms. The van der Waals surface area contributed by atoms with Crippen LogP contribution in [0.1, 0.15) is 0 Å². The van der Waals surface area contributed by atoms with Crippen LogP contribution in [0.3, 0.4) is 0 Å². The van der Waals surface area contributed by atoms with E-state index in [1.165, 1.54) is 0 Å². The van der Waals surface area contributed by atoms with Gasteiger partial charge in [-0.25, -0.2) is 0 Å². The largest absolute Gasteiger partial charge is 0.456 e. The van der Waals surface area contributed by atoms with E-state index in [2.05, 4.69) is 94.9 Å². The van der Waals surface area contributed by atoms with Gasteiger partial charge in [0.15, 0.2) is 0 Å². The van der Waals surface area contributed by atoms with Gasteiger partial charge in [-0.2, -0.15) is 0 Å². The van der Waals surface area contributed by atoms with Crippen molar-refractivity contribution in [2.45, 2.75) is 0 Å². The number of aromatic nitrogens is 2. The van der Waals surface area contributed by atoms with Crippen LogP contribution in [-0.4, -0.2) is 9.97 Å². The van der Waals surface area contributed by atoms with Crippen LogP contribution in [0.15, 0.2) is 152 Å². The second-order valence-electron chi connectivity index (χ2n) is 11.4. The Bertz CT molecular complexity index is 2170. The van der Waals surface area contributed by atoms with Crippen molar-refractivity contribution >= 4 is 33.8 Å². The molecule has 0 atom stereocenters. The van der Waals surface area contributed by atoms with Crippen molar-refractivity contribution in [3.8, 4) is 67.5 Å². The molecule has 7 aromatic rings. The first-order valence-electron chi connectivity index (χ1n) is 15.1. The van der Waals surface area contributed by atoms with E-state index < -0.39 is 6.04 Å². The van der Waals surface area contributed by atoms with Gasteiger partial charge in [0.2, 0.25) is 0 Å². The highest BCUT2D eigenvalue weighted by molar-refractivity contribution is 8.26. The number of ether oxygens (including phenoxy) is 2. The molecule has 5 aromatic carbocycles. The highest BCUT2D eigenvalue weighted by Gasteiger charge is 2.42. The Morgan fingerprint density at radius 3 is 1.15 bits per heavy atom. The Morgan fingerprint density at radius 1 is 0.391 bits per heavy atom. The zero-order valence-electron chi connectivity index (χ0n) is 24.5. The summed E-state index contributed by atoms with van der Waals surface area (Å²) in [5.74, 6) is 3.18. The van der Waals surface area contributed by atoms with E-state index >= 15 is 0 Å². The van der Waals surface area contributed by atoms with Crippen molar-refractivity contribution < 1.29 is 9.47 Å². The van der Waals surface area contributed by atoms with E-state index in [9.17, 15) is 0 Å². The number of rotatable bonds is 4. The Hall–Kier alpha value is -5.35. The SMILES string of the molecule is S=P12c3ccc(-c4ccc(-c5ccncc5)cc4)cc3Oc3cccc(c31)Oc1cc(-c3ccc(-c4ccncc4)cc3)ccc12. The van der Waals surface area contributed by atoms with Gasteiger partial charge in [-0.15, -0.1) is 0 Å². The van der Waals surface area contributed by atoms with Crippen molar-refractivity contribution in [3.05, 3.63) is 152 Å². The number of benzene rings is 5. The summed E-state index contributed by atoms with van der Waals surface area (Å²) in [4.78, 5) is 8.27. The molecule has 218 valence electrons. The molecule has 9 rings (SSSR count). The lowest BCUT2D eigenvalue weighted by Gasteiger charge is -2.37. The molecule has 0 aliphatic carbocycles. The van der Waals surface area contributed by atoms with E-state index in [0.29, 0.717) is 0 Å². The smallest absolute Gasteiger partial charge is 0.140 e. The second kappa shape index (κ2) is 10.6. The van der Waals surface area contributed by atoms with Crippen LogP contribution < -0.4 is 25.4 Å². The Morgan fingerprint density at radius 2 is 0.739 bits per heavy atom. The summed E-state index contributed by atoms with van der Waals surface area (Å²) in [5, 5.41) is 3.10. The Balaban J connectivity index is 1.10. The van der Waals surface area contributed by atoms with Crippen LogP contribution >= 0.6 is 6.04 Å². The molecule has 0 saturated heterocycles. The first kappa shape index (κ1) is 27.0. The third kappa shape index (κ3) is 4.32. The highest BCUT2D eigenvalue weighted by atomic mass is 32.4. The average molecular weight is 629 g/mol. The molecule has 6 heteroatoms. The van der Waals surface area contributed by atoms with Crippen LogP contribution in [0.25, 0.3) is 44.5 Å². The molecule has 2 aliphatic rings. The fourth-order valence-corrected chi connectivity index (χ4v) is 10.9. The summed E-state index contributed by atoms with van der Waals surface area (Å²) in [5.41, 5.74) is 8.99. The maximum atomic E-state index is 6.76. The van der Waals surface area contributed by atoms with E-state index in [1.807, 2.05) is 67.3 Å². The summed E-state index contributed by atoms with van der Waals surface area (Å²) in [6.45, 7) is 0. The molecule has 2 aromatic heterocycles. The first-order chi connectivity index (χ1) is 22.6. The normalized spacial score (nSPS) is 13.4. The number of hydrogen-bond acceptors (Lipinski definition) is 5. The molecule has 4 heterocycles. The van der Waals surface area contributed by atoms with E-state index in [0.717, 1.165) is 83.4 Å². The standard InChI is InChI=1S/C40H25N2O2PS/c46-45-38-14-12-32(28-8-4-26(5-9-28)30-16-20-41-21-17-30)24-36(38)43-34-2-1-3-35(40(34)45)44-37-25-33(13-15-39(37)45)29-10-6-27(7-11-29)31-18-22-42-23-19-31/h1-25H. The lowest BCUT2D eigenvalue weighted by molar-refractivity contribution is 0.466. The van der Waals surface area contributed by atoms with Gasteiger partial charge in [0.1, 0.15) is 23.0 Å². The molecule has 0 bridgehead atoms. The van der Waals surface area contributed by atoms with Crippen molar-refractivity contribution in [2.24, 2.45) is 0 Å². The van der Waals surface area contributed by atoms with Crippen LogP contribution in [0.2, 0.25) is 0 Å². The molecule has 0 saturated carbocycles. The van der Waals surface area contributed by atoms with Gasteiger partial charge in [-0.3, -0.25) is 9.97 Å². The van der Waals surface area contributed by atoms with Crippen LogP contribution in [0, 0.1) is 0 Å². The number of nitrogens with zero attached hydrogens (tertiary/aromatic N) is 2. The molecule has 0 unspecified atom stereocenters. The predicted molar refractivity (Wildman–Crippen MR) is 190 cm³/mol. The summed E-state index contributed by atoms with van der Waals surface area (Å²) < 4.78 is 13.1. The van der Waals surface area contributed by atoms with Gasteiger partial charge >= 0.3 is 0 Å². The second-order valence-corrected chi connectivity index (χ2v) is 15.7. The molecular formula is C40H25N2O2PS. The van der Waals surface area contributed by atoms with Crippen LogP contribution in [0.5, 0.6) is 23.0 Å². The average Bonchev–Trinajstić information content (AvgIpc) is 3.12. The third-order valence-corrected chi connectivity index (χ3v) is 13.7.